The molecule has 0 radical (unpaired) electrons. The van der Waals surface area contributed by atoms with Gasteiger partial charge < -0.3 is 0 Å². The maximum Gasteiger partial charge on any atom is 0.0709 e. The van der Waals surface area contributed by atoms with Gasteiger partial charge >= 0.3 is 0 Å². The van der Waals surface area contributed by atoms with Gasteiger partial charge in [-0.15, -0.1) is 0 Å². The first-order valence-corrected chi connectivity index (χ1v) is 7.94. The summed E-state index contributed by atoms with van der Waals surface area (Å²) in [5.41, 5.74) is 6.24. The van der Waals surface area contributed by atoms with Gasteiger partial charge in [-0.3, -0.25) is 4.98 Å². The first kappa shape index (κ1) is 14.3. The predicted molar refractivity (Wildman–Crippen MR) is 98.3 cm³/mol. The van der Waals surface area contributed by atoms with Gasteiger partial charge in [-0.05, 0) is 30.3 Å². The first-order valence-electron chi connectivity index (χ1n) is 7.94. The van der Waals surface area contributed by atoms with E-state index >= 15 is 0 Å². The molecular weight excluding hydrogens is 292 g/mol. The van der Waals surface area contributed by atoms with Crippen LogP contribution in [0.2, 0.25) is 0 Å². The van der Waals surface area contributed by atoms with Crippen LogP contribution >= 0.6 is 0 Å². The van der Waals surface area contributed by atoms with Crippen molar-refractivity contribution in [2.24, 2.45) is 0 Å². The molecule has 0 N–H and O–H groups in total. The summed E-state index contributed by atoms with van der Waals surface area (Å²) in [7, 11) is 0. The molecule has 2 aromatic heterocycles. The van der Waals surface area contributed by atoms with Gasteiger partial charge in [0.1, 0.15) is 0 Å². The maximum atomic E-state index is 4.83. The van der Waals surface area contributed by atoms with Crippen molar-refractivity contribution in [1.82, 2.24) is 9.97 Å². The largest absolute Gasteiger partial charge is 0.256 e. The second-order valence-electron chi connectivity index (χ2n) is 5.57. The number of pyridine rings is 2. The van der Waals surface area contributed by atoms with Crippen LogP contribution in [0.5, 0.6) is 0 Å². The summed E-state index contributed by atoms with van der Waals surface area (Å²) in [6.45, 7) is 0. The minimum atomic E-state index is 0.967. The summed E-state index contributed by atoms with van der Waals surface area (Å²) in [5, 5.41) is 0. The van der Waals surface area contributed by atoms with Gasteiger partial charge in [-0.25, -0.2) is 4.98 Å². The van der Waals surface area contributed by atoms with Crippen LogP contribution in [0.15, 0.2) is 97.2 Å². The van der Waals surface area contributed by atoms with E-state index in [2.05, 4.69) is 47.4 Å². The Morgan fingerprint density at radius 3 is 1.79 bits per heavy atom. The molecule has 2 heteroatoms. The second kappa shape index (κ2) is 6.47. The standard InChI is InChI=1S/C22H16N2/c1-2-8-17(9-3-1)21-13-7-14-22(24-21)19-11-6-10-18(16-19)20-12-4-5-15-23-20/h1-16H. The molecule has 0 unspecified atom stereocenters. The predicted octanol–water partition coefficient (Wildman–Crippen LogP) is 5.48. The molecule has 2 nitrogen and oxygen atoms in total. The average molecular weight is 308 g/mol. The third kappa shape index (κ3) is 2.95. The molecular formula is C22H16N2. The van der Waals surface area contributed by atoms with E-state index in [1.807, 2.05) is 54.7 Å². The molecule has 24 heavy (non-hydrogen) atoms. The van der Waals surface area contributed by atoms with Crippen LogP contribution in [0.25, 0.3) is 33.8 Å². The van der Waals surface area contributed by atoms with Crippen molar-refractivity contribution in [1.29, 1.82) is 0 Å². The highest BCUT2D eigenvalue weighted by atomic mass is 14.7. The maximum absolute atomic E-state index is 4.83. The highest BCUT2D eigenvalue weighted by Crippen LogP contribution is 2.26. The number of benzene rings is 2. The van der Waals surface area contributed by atoms with E-state index in [0.29, 0.717) is 0 Å². The van der Waals surface area contributed by atoms with Crippen LogP contribution in [0, 0.1) is 0 Å². The SMILES string of the molecule is c1ccc(-c2cccc(-c3cccc(-c4ccccn4)c3)n2)cc1. The zero-order valence-electron chi connectivity index (χ0n) is 13.1. The molecule has 0 saturated heterocycles. The van der Waals surface area contributed by atoms with E-state index in [-0.39, 0.29) is 0 Å². The molecule has 0 saturated carbocycles. The Bertz CT molecular complexity index is 867. The highest BCUT2D eigenvalue weighted by molar-refractivity contribution is 5.71. The van der Waals surface area contributed by atoms with E-state index in [9.17, 15) is 0 Å². The van der Waals surface area contributed by atoms with Crippen LogP contribution in [0.3, 0.4) is 0 Å². The van der Waals surface area contributed by atoms with E-state index in [1.54, 1.807) is 0 Å². The number of nitrogens with zero attached hydrogens (tertiary/aromatic N) is 2. The summed E-state index contributed by atoms with van der Waals surface area (Å²) in [6, 6.07) is 30.7. The van der Waals surface area contributed by atoms with Gasteiger partial charge in [-0.2, -0.15) is 0 Å². The van der Waals surface area contributed by atoms with Crippen molar-refractivity contribution in [3.63, 3.8) is 0 Å². The quantitative estimate of drug-likeness (QED) is 0.501. The third-order valence-corrected chi connectivity index (χ3v) is 3.94. The van der Waals surface area contributed by atoms with E-state index in [4.69, 9.17) is 4.98 Å². The van der Waals surface area contributed by atoms with Crippen molar-refractivity contribution >= 4 is 0 Å². The van der Waals surface area contributed by atoms with Gasteiger partial charge in [0.2, 0.25) is 0 Å². The Kier molecular flexibility index (Phi) is 3.86. The molecule has 114 valence electrons. The second-order valence-corrected chi connectivity index (χ2v) is 5.57. The zero-order valence-corrected chi connectivity index (χ0v) is 13.1. The lowest BCUT2D eigenvalue weighted by Gasteiger charge is -2.07. The molecule has 4 aromatic rings. The van der Waals surface area contributed by atoms with Gasteiger partial charge in [-0.1, -0.05) is 60.7 Å². The molecule has 0 aliphatic carbocycles. The molecule has 0 amide bonds. The molecule has 0 aliphatic rings. The lowest BCUT2D eigenvalue weighted by molar-refractivity contribution is 1.31. The van der Waals surface area contributed by atoms with Crippen molar-refractivity contribution in [2.45, 2.75) is 0 Å². The third-order valence-electron chi connectivity index (χ3n) is 3.94. The molecule has 2 aromatic carbocycles. The summed E-state index contributed by atoms with van der Waals surface area (Å²) >= 11 is 0. The number of rotatable bonds is 3. The highest BCUT2D eigenvalue weighted by Gasteiger charge is 2.05. The lowest BCUT2D eigenvalue weighted by atomic mass is 10.0. The number of aromatic nitrogens is 2. The first-order chi connectivity index (χ1) is 11.9. The summed E-state index contributed by atoms with van der Waals surface area (Å²) < 4.78 is 0. The van der Waals surface area contributed by atoms with Crippen LogP contribution in [0.4, 0.5) is 0 Å². The summed E-state index contributed by atoms with van der Waals surface area (Å²) in [4.78, 5) is 9.26. The Morgan fingerprint density at radius 2 is 1.04 bits per heavy atom. The van der Waals surface area contributed by atoms with Gasteiger partial charge in [0.15, 0.2) is 0 Å². The van der Waals surface area contributed by atoms with Crippen molar-refractivity contribution in [2.75, 3.05) is 0 Å². The Morgan fingerprint density at radius 1 is 0.458 bits per heavy atom. The van der Waals surface area contributed by atoms with Gasteiger partial charge in [0.25, 0.3) is 0 Å². The Labute approximate surface area is 141 Å². The van der Waals surface area contributed by atoms with Crippen LogP contribution in [0.1, 0.15) is 0 Å². The van der Waals surface area contributed by atoms with Crippen molar-refractivity contribution in [3.05, 3.63) is 97.2 Å². The van der Waals surface area contributed by atoms with Crippen LogP contribution < -0.4 is 0 Å². The summed E-state index contributed by atoms with van der Waals surface area (Å²) in [5.74, 6) is 0. The monoisotopic (exact) mass is 308 g/mol. The molecule has 0 aliphatic heterocycles. The Hall–Kier alpha value is -3.26. The fraction of sp³-hybridized carbons (Fsp3) is 0. The van der Waals surface area contributed by atoms with Crippen LogP contribution in [-0.2, 0) is 0 Å². The summed E-state index contributed by atoms with van der Waals surface area (Å²) in [6.07, 6.45) is 1.82. The minimum Gasteiger partial charge on any atom is -0.256 e. The molecule has 0 atom stereocenters. The number of hydrogen-bond donors (Lipinski definition) is 0. The topological polar surface area (TPSA) is 25.8 Å². The Balaban J connectivity index is 1.75. The molecule has 0 bridgehead atoms. The molecule has 2 heterocycles. The molecule has 0 fully saturated rings. The average Bonchev–Trinajstić information content (AvgIpc) is 2.70. The minimum absolute atomic E-state index is 0.967. The molecule has 4 rings (SSSR count). The van der Waals surface area contributed by atoms with Crippen molar-refractivity contribution < 1.29 is 0 Å². The smallest absolute Gasteiger partial charge is 0.0709 e. The lowest BCUT2D eigenvalue weighted by Crippen LogP contribution is -1.89. The zero-order chi connectivity index (χ0) is 16.2. The van der Waals surface area contributed by atoms with Crippen LogP contribution in [-0.4, -0.2) is 9.97 Å². The number of hydrogen-bond acceptors (Lipinski definition) is 2. The van der Waals surface area contributed by atoms with Gasteiger partial charge in [0, 0.05) is 22.9 Å². The van der Waals surface area contributed by atoms with E-state index < -0.39 is 0 Å². The van der Waals surface area contributed by atoms with Crippen molar-refractivity contribution in [3.8, 4) is 33.8 Å². The van der Waals surface area contributed by atoms with E-state index in [0.717, 1.165) is 33.8 Å². The normalized spacial score (nSPS) is 10.5. The van der Waals surface area contributed by atoms with E-state index in [1.165, 1.54) is 0 Å². The fourth-order valence-corrected chi connectivity index (χ4v) is 2.74. The fourth-order valence-electron chi connectivity index (χ4n) is 2.74. The molecule has 0 spiro atoms. The van der Waals surface area contributed by atoms with Gasteiger partial charge in [0.05, 0.1) is 17.1 Å².